The maximum atomic E-state index is 12.1. The fourth-order valence-corrected chi connectivity index (χ4v) is 2.56. The van der Waals surface area contributed by atoms with Crippen LogP contribution in [0.1, 0.15) is 20.7 Å². The molecule has 3 rings (SSSR count). The first-order valence-corrected chi connectivity index (χ1v) is 6.55. The quantitative estimate of drug-likeness (QED) is 0.907. The molecule has 0 fully saturated rings. The van der Waals surface area contributed by atoms with Crippen LogP contribution in [0.3, 0.4) is 0 Å². The number of thiophene rings is 1. The molecule has 1 amide bonds. The number of amides is 1. The first-order chi connectivity index (χ1) is 9.65. The number of carboxylic acid groups (broad SMARTS) is 1. The van der Waals surface area contributed by atoms with Crippen molar-refractivity contribution in [2.45, 2.75) is 0 Å². The molecule has 0 atom stereocenters. The molecule has 0 saturated carbocycles. The highest BCUT2D eigenvalue weighted by Crippen LogP contribution is 2.33. The molecule has 0 bridgehead atoms. The van der Waals surface area contributed by atoms with Crippen LogP contribution in [0.15, 0.2) is 29.6 Å². The van der Waals surface area contributed by atoms with Gasteiger partial charge in [0.05, 0.1) is 5.56 Å². The molecule has 6 nitrogen and oxygen atoms in total. The Balaban J connectivity index is 1.83. The summed E-state index contributed by atoms with van der Waals surface area (Å²) >= 11 is 1.16. The van der Waals surface area contributed by atoms with Crippen LogP contribution in [0.4, 0.5) is 5.00 Å². The topological polar surface area (TPSA) is 84.9 Å². The number of carbonyl (C=O) groups is 2. The minimum absolute atomic E-state index is 0.0732. The van der Waals surface area contributed by atoms with Crippen molar-refractivity contribution < 1.29 is 24.2 Å². The van der Waals surface area contributed by atoms with E-state index in [0.29, 0.717) is 22.1 Å². The molecule has 0 unspecified atom stereocenters. The number of carbonyl (C=O) groups excluding carboxylic acids is 1. The van der Waals surface area contributed by atoms with Gasteiger partial charge in [-0.05, 0) is 29.6 Å². The van der Waals surface area contributed by atoms with Crippen LogP contribution >= 0.6 is 11.3 Å². The Morgan fingerprint density at radius 1 is 1.20 bits per heavy atom. The zero-order valence-corrected chi connectivity index (χ0v) is 10.9. The molecule has 20 heavy (non-hydrogen) atoms. The van der Waals surface area contributed by atoms with Crippen LogP contribution in [-0.2, 0) is 0 Å². The van der Waals surface area contributed by atoms with Gasteiger partial charge in [-0.3, -0.25) is 4.79 Å². The molecule has 1 aromatic heterocycles. The number of nitrogens with one attached hydrogen (secondary N) is 1. The average Bonchev–Trinajstić information content (AvgIpc) is 3.05. The summed E-state index contributed by atoms with van der Waals surface area (Å²) in [6.45, 7) is 0.133. The second-order valence-electron chi connectivity index (χ2n) is 3.99. The van der Waals surface area contributed by atoms with Gasteiger partial charge in [0.1, 0.15) is 5.00 Å². The average molecular weight is 291 g/mol. The van der Waals surface area contributed by atoms with Gasteiger partial charge in [-0.15, -0.1) is 11.3 Å². The van der Waals surface area contributed by atoms with Gasteiger partial charge >= 0.3 is 5.97 Å². The SMILES string of the molecule is O=C(Nc1sccc1C(=O)O)c1ccc2c(c1)OCO2. The van der Waals surface area contributed by atoms with Crippen molar-refractivity contribution in [1.29, 1.82) is 0 Å². The van der Waals surface area contributed by atoms with Gasteiger partial charge < -0.3 is 19.9 Å². The summed E-state index contributed by atoms with van der Waals surface area (Å²) < 4.78 is 10.4. The van der Waals surface area contributed by atoms with E-state index in [9.17, 15) is 9.59 Å². The van der Waals surface area contributed by atoms with Crippen molar-refractivity contribution in [3.8, 4) is 11.5 Å². The van der Waals surface area contributed by atoms with Crippen LogP contribution in [0, 0.1) is 0 Å². The zero-order valence-electron chi connectivity index (χ0n) is 10.1. The third-order valence-electron chi connectivity index (χ3n) is 2.76. The third kappa shape index (κ3) is 2.19. The van der Waals surface area contributed by atoms with Gasteiger partial charge in [-0.25, -0.2) is 4.79 Å². The van der Waals surface area contributed by atoms with E-state index in [2.05, 4.69) is 5.32 Å². The Morgan fingerprint density at radius 2 is 2.00 bits per heavy atom. The number of anilines is 1. The molecule has 2 N–H and O–H groups in total. The van der Waals surface area contributed by atoms with Crippen LogP contribution < -0.4 is 14.8 Å². The Morgan fingerprint density at radius 3 is 2.80 bits per heavy atom. The first-order valence-electron chi connectivity index (χ1n) is 5.67. The van der Waals surface area contributed by atoms with Crippen molar-refractivity contribution in [3.05, 3.63) is 40.8 Å². The number of fused-ring (bicyclic) bond motifs is 1. The van der Waals surface area contributed by atoms with Gasteiger partial charge in [-0.1, -0.05) is 0 Å². The molecule has 2 heterocycles. The summed E-state index contributed by atoms with van der Waals surface area (Å²) in [4.78, 5) is 23.1. The van der Waals surface area contributed by atoms with Crippen molar-refractivity contribution in [2.24, 2.45) is 0 Å². The van der Waals surface area contributed by atoms with Crippen molar-refractivity contribution in [3.63, 3.8) is 0 Å². The third-order valence-corrected chi connectivity index (χ3v) is 3.59. The number of benzene rings is 1. The van der Waals surface area contributed by atoms with Crippen molar-refractivity contribution >= 4 is 28.2 Å². The van der Waals surface area contributed by atoms with E-state index in [1.807, 2.05) is 0 Å². The molecular weight excluding hydrogens is 282 g/mol. The number of ether oxygens (including phenoxy) is 2. The molecule has 1 aliphatic heterocycles. The van der Waals surface area contributed by atoms with Gasteiger partial charge in [0.15, 0.2) is 11.5 Å². The largest absolute Gasteiger partial charge is 0.478 e. The monoisotopic (exact) mass is 291 g/mol. The lowest BCUT2D eigenvalue weighted by Crippen LogP contribution is -2.13. The van der Waals surface area contributed by atoms with E-state index >= 15 is 0 Å². The molecule has 0 aliphatic carbocycles. The summed E-state index contributed by atoms with van der Waals surface area (Å²) in [5.41, 5.74) is 0.447. The Hall–Kier alpha value is -2.54. The maximum Gasteiger partial charge on any atom is 0.338 e. The van der Waals surface area contributed by atoms with Crippen molar-refractivity contribution in [1.82, 2.24) is 0 Å². The molecule has 0 spiro atoms. The van der Waals surface area contributed by atoms with Crippen LogP contribution in [0.5, 0.6) is 11.5 Å². The van der Waals surface area contributed by atoms with Crippen LogP contribution in [0.25, 0.3) is 0 Å². The lowest BCUT2D eigenvalue weighted by molar-refractivity contribution is 0.0698. The summed E-state index contributed by atoms with van der Waals surface area (Å²) in [5, 5.41) is 13.5. The van der Waals surface area contributed by atoms with E-state index in [1.165, 1.54) is 6.07 Å². The Labute approximate surface area is 117 Å². The second kappa shape index (κ2) is 4.86. The predicted molar refractivity (Wildman–Crippen MR) is 71.8 cm³/mol. The summed E-state index contributed by atoms with van der Waals surface area (Å²) in [7, 11) is 0. The Bertz CT molecular complexity index is 694. The first kappa shape index (κ1) is 12.5. The standard InChI is InChI=1S/C13H9NO5S/c15-11(14-12-8(13(16)17)3-4-20-12)7-1-2-9-10(5-7)19-6-18-9/h1-5H,6H2,(H,14,15)(H,16,17). The Kier molecular flexibility index (Phi) is 3.03. The number of rotatable bonds is 3. The molecule has 1 aromatic carbocycles. The molecule has 1 aliphatic rings. The molecule has 102 valence electrons. The molecular formula is C13H9NO5S. The number of hydrogen-bond acceptors (Lipinski definition) is 5. The molecule has 2 aromatic rings. The van der Waals surface area contributed by atoms with Crippen LogP contribution in [-0.4, -0.2) is 23.8 Å². The lowest BCUT2D eigenvalue weighted by atomic mass is 10.2. The van der Waals surface area contributed by atoms with Crippen molar-refractivity contribution in [2.75, 3.05) is 12.1 Å². The maximum absolute atomic E-state index is 12.1. The van der Waals surface area contributed by atoms with E-state index in [1.54, 1.807) is 23.6 Å². The van der Waals surface area contributed by atoms with Gasteiger partial charge in [0, 0.05) is 5.56 Å². The zero-order chi connectivity index (χ0) is 14.1. The van der Waals surface area contributed by atoms with Gasteiger partial charge in [0.25, 0.3) is 5.91 Å². The fraction of sp³-hybridized carbons (Fsp3) is 0.0769. The predicted octanol–water partition coefficient (Wildman–Crippen LogP) is 2.43. The minimum Gasteiger partial charge on any atom is -0.478 e. The minimum atomic E-state index is -1.08. The fourth-order valence-electron chi connectivity index (χ4n) is 1.79. The highest BCUT2D eigenvalue weighted by molar-refractivity contribution is 7.14. The number of aromatic carboxylic acids is 1. The second-order valence-corrected chi connectivity index (χ2v) is 4.91. The number of carboxylic acids is 1. The molecule has 0 saturated heterocycles. The molecule has 0 radical (unpaired) electrons. The van der Waals surface area contributed by atoms with Gasteiger partial charge in [-0.2, -0.15) is 0 Å². The normalized spacial score (nSPS) is 12.2. The molecule has 7 heteroatoms. The lowest BCUT2D eigenvalue weighted by Gasteiger charge is -2.05. The number of hydrogen-bond donors (Lipinski definition) is 2. The van der Waals surface area contributed by atoms with E-state index < -0.39 is 11.9 Å². The summed E-state index contributed by atoms with van der Waals surface area (Å²) in [6, 6.07) is 6.24. The van der Waals surface area contributed by atoms with Gasteiger partial charge in [0.2, 0.25) is 6.79 Å². The van der Waals surface area contributed by atoms with E-state index in [0.717, 1.165) is 11.3 Å². The van der Waals surface area contributed by atoms with E-state index in [-0.39, 0.29) is 12.4 Å². The highest BCUT2D eigenvalue weighted by Gasteiger charge is 2.18. The van der Waals surface area contributed by atoms with E-state index in [4.69, 9.17) is 14.6 Å². The smallest absolute Gasteiger partial charge is 0.338 e. The summed E-state index contributed by atoms with van der Waals surface area (Å²) in [6.07, 6.45) is 0. The summed E-state index contributed by atoms with van der Waals surface area (Å²) in [5.74, 6) is -0.383. The van der Waals surface area contributed by atoms with Crippen LogP contribution in [0.2, 0.25) is 0 Å². The highest BCUT2D eigenvalue weighted by atomic mass is 32.1.